The van der Waals surface area contributed by atoms with Crippen LogP contribution in [0.1, 0.15) is 188 Å². The minimum Gasteiger partial charge on any atom is -0.376 e. The number of hydrogen-bond donors (Lipinski definition) is 2. The standard InChI is InChI=1S/C31H65NO/c1-4-6-8-10-12-14-16-18-20-22-24-26-28-30(31(3,32)33)29-27-25-23-21-19-17-15-13-11-9-7-5-2/h30,33H,4-29,32H2,1-3H3. The van der Waals surface area contributed by atoms with Crippen LogP contribution in [0.2, 0.25) is 0 Å². The van der Waals surface area contributed by atoms with Gasteiger partial charge in [0.1, 0.15) is 5.72 Å². The van der Waals surface area contributed by atoms with Crippen molar-refractivity contribution in [2.45, 2.75) is 193 Å². The molecule has 0 aliphatic carbocycles. The van der Waals surface area contributed by atoms with Crippen LogP contribution in [0.4, 0.5) is 0 Å². The SMILES string of the molecule is CCCCCCCCCCCCCCC(CCCCCCCCCCCCCC)C(C)(N)O. The Balaban J connectivity index is 3.56. The Morgan fingerprint density at radius 1 is 0.455 bits per heavy atom. The van der Waals surface area contributed by atoms with E-state index in [0.717, 1.165) is 12.8 Å². The van der Waals surface area contributed by atoms with Crippen LogP contribution < -0.4 is 5.73 Å². The van der Waals surface area contributed by atoms with E-state index < -0.39 is 5.72 Å². The zero-order valence-corrected chi connectivity index (χ0v) is 23.5. The maximum Gasteiger partial charge on any atom is 0.113 e. The molecule has 1 atom stereocenters. The predicted octanol–water partition coefficient (Wildman–Crippen LogP) is 10.5. The van der Waals surface area contributed by atoms with Gasteiger partial charge in [0.25, 0.3) is 0 Å². The molecule has 0 bridgehead atoms. The molecule has 0 saturated heterocycles. The van der Waals surface area contributed by atoms with Crippen molar-refractivity contribution in [1.29, 1.82) is 0 Å². The van der Waals surface area contributed by atoms with Gasteiger partial charge in [-0.2, -0.15) is 0 Å². The third-order valence-corrected chi connectivity index (χ3v) is 7.64. The molecule has 0 amide bonds. The summed E-state index contributed by atoms with van der Waals surface area (Å²) in [5.74, 6) is 0.267. The van der Waals surface area contributed by atoms with Crippen molar-refractivity contribution in [3.05, 3.63) is 0 Å². The van der Waals surface area contributed by atoms with Crippen molar-refractivity contribution in [2.24, 2.45) is 11.7 Å². The van der Waals surface area contributed by atoms with Gasteiger partial charge in [-0.1, -0.05) is 168 Å². The number of rotatable bonds is 27. The van der Waals surface area contributed by atoms with Crippen molar-refractivity contribution in [1.82, 2.24) is 0 Å². The first-order valence-electron chi connectivity index (χ1n) is 15.5. The summed E-state index contributed by atoms with van der Waals surface area (Å²) in [6.45, 7) is 6.39. The van der Waals surface area contributed by atoms with Gasteiger partial charge in [-0.25, -0.2) is 0 Å². The lowest BCUT2D eigenvalue weighted by Crippen LogP contribution is -2.44. The second kappa shape index (κ2) is 25.0. The summed E-state index contributed by atoms with van der Waals surface area (Å²) in [7, 11) is 0. The lowest BCUT2D eigenvalue weighted by Gasteiger charge is -2.29. The molecule has 0 spiro atoms. The van der Waals surface area contributed by atoms with Gasteiger partial charge in [0.15, 0.2) is 0 Å². The van der Waals surface area contributed by atoms with Crippen LogP contribution in [0, 0.1) is 5.92 Å². The van der Waals surface area contributed by atoms with Crippen LogP contribution in [0.25, 0.3) is 0 Å². The summed E-state index contributed by atoms with van der Waals surface area (Å²) in [4.78, 5) is 0. The van der Waals surface area contributed by atoms with Gasteiger partial charge in [0.05, 0.1) is 0 Å². The molecular formula is C31H65NO. The van der Waals surface area contributed by atoms with Crippen LogP contribution in [0.3, 0.4) is 0 Å². The van der Waals surface area contributed by atoms with E-state index in [1.807, 2.05) is 6.92 Å². The lowest BCUT2D eigenvalue weighted by atomic mass is 9.86. The number of nitrogens with two attached hydrogens (primary N) is 1. The average molecular weight is 468 g/mol. The van der Waals surface area contributed by atoms with Gasteiger partial charge in [-0.05, 0) is 19.8 Å². The highest BCUT2D eigenvalue weighted by molar-refractivity contribution is 4.76. The highest BCUT2D eigenvalue weighted by Gasteiger charge is 2.26. The molecule has 0 aliphatic heterocycles. The van der Waals surface area contributed by atoms with Crippen LogP contribution in [0.15, 0.2) is 0 Å². The Labute approximate surface area is 210 Å². The molecule has 0 fully saturated rings. The summed E-state index contributed by atoms with van der Waals surface area (Å²) >= 11 is 0. The second-order valence-electron chi connectivity index (χ2n) is 11.3. The Bertz CT molecular complexity index is 334. The van der Waals surface area contributed by atoms with Gasteiger partial charge < -0.3 is 10.8 Å². The molecule has 0 rings (SSSR count). The summed E-state index contributed by atoms with van der Waals surface area (Å²) < 4.78 is 0. The predicted molar refractivity (Wildman–Crippen MR) is 150 cm³/mol. The Hall–Kier alpha value is -0.0800. The maximum absolute atomic E-state index is 10.4. The fourth-order valence-electron chi connectivity index (χ4n) is 5.19. The van der Waals surface area contributed by atoms with Gasteiger partial charge in [-0.15, -0.1) is 0 Å². The minimum absolute atomic E-state index is 0.267. The first-order chi connectivity index (χ1) is 16.0. The molecule has 0 aromatic heterocycles. The average Bonchev–Trinajstić information content (AvgIpc) is 2.78. The third-order valence-electron chi connectivity index (χ3n) is 7.64. The fraction of sp³-hybridized carbons (Fsp3) is 1.00. The molecule has 0 heterocycles. The van der Waals surface area contributed by atoms with Crippen molar-refractivity contribution in [3.63, 3.8) is 0 Å². The molecule has 2 heteroatoms. The van der Waals surface area contributed by atoms with Crippen molar-refractivity contribution >= 4 is 0 Å². The molecular weight excluding hydrogens is 402 g/mol. The quantitative estimate of drug-likeness (QED) is 0.0931. The van der Waals surface area contributed by atoms with E-state index in [1.165, 1.54) is 154 Å². The molecule has 2 nitrogen and oxygen atoms in total. The number of hydrogen-bond acceptors (Lipinski definition) is 2. The zero-order chi connectivity index (χ0) is 24.5. The summed E-state index contributed by atoms with van der Waals surface area (Å²) in [5, 5.41) is 10.4. The topological polar surface area (TPSA) is 46.2 Å². The summed E-state index contributed by atoms with van der Waals surface area (Å²) in [5.41, 5.74) is 5.11. The van der Waals surface area contributed by atoms with Crippen LogP contribution in [0.5, 0.6) is 0 Å². The second-order valence-corrected chi connectivity index (χ2v) is 11.3. The summed E-state index contributed by atoms with van der Waals surface area (Å²) in [6, 6.07) is 0. The highest BCUT2D eigenvalue weighted by atomic mass is 16.3. The lowest BCUT2D eigenvalue weighted by molar-refractivity contribution is -0.00458. The molecule has 0 aromatic rings. The third kappa shape index (κ3) is 24.8. The molecule has 0 aromatic carbocycles. The molecule has 33 heavy (non-hydrogen) atoms. The Kier molecular flexibility index (Phi) is 25.0. The minimum atomic E-state index is -1.00. The van der Waals surface area contributed by atoms with Gasteiger partial charge >= 0.3 is 0 Å². The van der Waals surface area contributed by atoms with E-state index in [-0.39, 0.29) is 5.92 Å². The molecule has 0 aliphatic rings. The van der Waals surface area contributed by atoms with Gasteiger partial charge in [0, 0.05) is 5.92 Å². The maximum atomic E-state index is 10.4. The van der Waals surface area contributed by atoms with Crippen LogP contribution in [-0.2, 0) is 0 Å². The van der Waals surface area contributed by atoms with E-state index in [1.54, 1.807) is 0 Å². The van der Waals surface area contributed by atoms with Crippen molar-refractivity contribution in [2.75, 3.05) is 0 Å². The number of unbranched alkanes of at least 4 members (excludes halogenated alkanes) is 22. The first kappa shape index (κ1) is 32.9. The molecule has 200 valence electrons. The smallest absolute Gasteiger partial charge is 0.113 e. The van der Waals surface area contributed by atoms with E-state index in [4.69, 9.17) is 5.73 Å². The Morgan fingerprint density at radius 2 is 0.667 bits per heavy atom. The molecule has 1 unspecified atom stereocenters. The molecule has 3 N–H and O–H groups in total. The highest BCUT2D eigenvalue weighted by Crippen LogP contribution is 2.26. The van der Waals surface area contributed by atoms with Gasteiger partial charge in [-0.3, -0.25) is 0 Å². The van der Waals surface area contributed by atoms with E-state index in [2.05, 4.69) is 13.8 Å². The Morgan fingerprint density at radius 3 is 0.879 bits per heavy atom. The van der Waals surface area contributed by atoms with Crippen LogP contribution >= 0.6 is 0 Å². The molecule has 0 radical (unpaired) electrons. The van der Waals surface area contributed by atoms with Crippen molar-refractivity contribution in [3.8, 4) is 0 Å². The fourth-order valence-corrected chi connectivity index (χ4v) is 5.19. The van der Waals surface area contributed by atoms with E-state index in [0.29, 0.717) is 0 Å². The molecule has 0 saturated carbocycles. The normalized spacial score (nSPS) is 13.6. The van der Waals surface area contributed by atoms with E-state index >= 15 is 0 Å². The van der Waals surface area contributed by atoms with E-state index in [9.17, 15) is 5.11 Å². The van der Waals surface area contributed by atoms with Crippen molar-refractivity contribution < 1.29 is 5.11 Å². The number of aliphatic hydroxyl groups is 1. The van der Waals surface area contributed by atoms with Gasteiger partial charge in [0.2, 0.25) is 0 Å². The first-order valence-corrected chi connectivity index (χ1v) is 15.5. The van der Waals surface area contributed by atoms with Crippen LogP contribution in [-0.4, -0.2) is 10.8 Å². The largest absolute Gasteiger partial charge is 0.376 e. The zero-order valence-electron chi connectivity index (χ0n) is 23.5. The summed E-state index contributed by atoms with van der Waals surface area (Å²) in [6.07, 6.45) is 35.4. The monoisotopic (exact) mass is 468 g/mol.